The highest BCUT2D eigenvalue weighted by Gasteiger charge is 2.31. The molecule has 9 heteroatoms. The van der Waals surface area contributed by atoms with Crippen LogP contribution < -0.4 is 11.1 Å². The van der Waals surface area contributed by atoms with Gasteiger partial charge >= 0.3 is 0 Å². The normalized spacial score (nSPS) is 11.6. The number of nitrogens with zero attached hydrogens (tertiary/aromatic N) is 3. The molecule has 0 spiro atoms. The van der Waals surface area contributed by atoms with Crippen LogP contribution in [0.1, 0.15) is 56.1 Å². The Morgan fingerprint density at radius 2 is 1.54 bits per heavy atom. The lowest BCUT2D eigenvalue weighted by molar-refractivity contribution is 0.409. The van der Waals surface area contributed by atoms with Crippen molar-refractivity contribution in [2.45, 2.75) is 69.6 Å². The average molecular weight is 548 g/mol. The number of pyridine rings is 1. The number of hydrogen-bond donors (Lipinski definition) is 1. The van der Waals surface area contributed by atoms with Crippen molar-refractivity contribution in [1.82, 2.24) is 14.1 Å². The van der Waals surface area contributed by atoms with Gasteiger partial charge in [0.1, 0.15) is 5.82 Å². The number of sulfone groups is 1. The smallest absolute Gasteiger partial charge is 0.296 e. The standard InChI is InChI=1S/C30H33N3O5S/c1-5-8-12-25-31-29(35)28(30(36)33(25)27-21(6-2)10-9-11-22(27)7-3)39(37,38)24-16-14-23(15-17-24)32-19-20(4)13-18-26(32)34/h9-11,13-19,36H,5-8,12H2,1-4H3. The zero-order chi connectivity index (χ0) is 28.3. The quantitative estimate of drug-likeness (QED) is 0.325. The molecule has 0 unspecified atom stereocenters. The number of hydrogen-bond acceptors (Lipinski definition) is 6. The predicted octanol–water partition coefficient (Wildman–Crippen LogP) is 4.70. The van der Waals surface area contributed by atoms with Crippen LogP contribution in [-0.2, 0) is 29.1 Å². The SMILES string of the molecule is CCCCc1nc(=O)c(S(=O)(=O)c2ccc(-n3cc(C)ccc3=O)cc2)c(O)n1-c1c(CC)cccc1CC. The van der Waals surface area contributed by atoms with Gasteiger partial charge in [-0.25, -0.2) is 8.42 Å². The second-order valence-corrected chi connectivity index (χ2v) is 11.4. The van der Waals surface area contributed by atoms with Crippen molar-refractivity contribution in [2.24, 2.45) is 0 Å². The van der Waals surface area contributed by atoms with Crippen molar-refractivity contribution in [3.05, 3.63) is 104 Å². The summed E-state index contributed by atoms with van der Waals surface area (Å²) in [6, 6.07) is 14.6. The summed E-state index contributed by atoms with van der Waals surface area (Å²) >= 11 is 0. The molecule has 0 bridgehead atoms. The summed E-state index contributed by atoms with van der Waals surface area (Å²) in [5.41, 5.74) is 2.55. The van der Waals surface area contributed by atoms with Gasteiger partial charge in [0.2, 0.25) is 15.7 Å². The van der Waals surface area contributed by atoms with Crippen LogP contribution >= 0.6 is 0 Å². The fraction of sp³-hybridized carbons (Fsp3) is 0.300. The second kappa shape index (κ2) is 11.4. The average Bonchev–Trinajstić information content (AvgIpc) is 2.92. The molecule has 0 fully saturated rings. The summed E-state index contributed by atoms with van der Waals surface area (Å²) in [5.74, 6) is -0.321. The molecule has 204 valence electrons. The summed E-state index contributed by atoms with van der Waals surface area (Å²) in [5, 5.41) is 11.5. The van der Waals surface area contributed by atoms with Crippen LogP contribution in [0, 0.1) is 6.92 Å². The van der Waals surface area contributed by atoms with E-state index in [4.69, 9.17) is 0 Å². The summed E-state index contributed by atoms with van der Waals surface area (Å²) in [6.45, 7) is 7.82. The molecule has 39 heavy (non-hydrogen) atoms. The van der Waals surface area contributed by atoms with Crippen molar-refractivity contribution in [2.75, 3.05) is 0 Å². The highest BCUT2D eigenvalue weighted by atomic mass is 32.2. The summed E-state index contributed by atoms with van der Waals surface area (Å²) in [6.07, 6.45) is 4.90. The van der Waals surface area contributed by atoms with Gasteiger partial charge in [-0.05, 0) is 67.1 Å². The van der Waals surface area contributed by atoms with Crippen LogP contribution in [0.15, 0.2) is 80.2 Å². The van der Waals surface area contributed by atoms with Gasteiger partial charge in [-0.15, -0.1) is 0 Å². The van der Waals surface area contributed by atoms with Crippen LogP contribution in [0.2, 0.25) is 0 Å². The van der Waals surface area contributed by atoms with Crippen molar-refractivity contribution in [3.8, 4) is 17.3 Å². The van der Waals surface area contributed by atoms with E-state index in [0.717, 1.165) is 23.1 Å². The molecule has 2 aromatic carbocycles. The Kier molecular flexibility index (Phi) is 8.20. The molecule has 0 aliphatic heterocycles. The number of aryl methyl sites for hydroxylation is 4. The predicted molar refractivity (Wildman–Crippen MR) is 151 cm³/mol. The van der Waals surface area contributed by atoms with Gasteiger partial charge in [-0.3, -0.25) is 18.7 Å². The van der Waals surface area contributed by atoms with E-state index in [0.29, 0.717) is 42.9 Å². The van der Waals surface area contributed by atoms with Crippen molar-refractivity contribution < 1.29 is 13.5 Å². The number of unbranched alkanes of at least 4 members (excludes halogenated alkanes) is 1. The largest absolute Gasteiger partial charge is 0.493 e. The van der Waals surface area contributed by atoms with Gasteiger partial charge < -0.3 is 5.11 Å². The Morgan fingerprint density at radius 1 is 0.897 bits per heavy atom. The van der Waals surface area contributed by atoms with E-state index in [1.54, 1.807) is 12.3 Å². The maximum absolute atomic E-state index is 13.8. The summed E-state index contributed by atoms with van der Waals surface area (Å²) < 4.78 is 30.4. The van der Waals surface area contributed by atoms with E-state index >= 15 is 0 Å². The van der Waals surface area contributed by atoms with Crippen molar-refractivity contribution >= 4 is 9.84 Å². The first-order valence-corrected chi connectivity index (χ1v) is 14.6. The molecule has 0 saturated carbocycles. The highest BCUT2D eigenvalue weighted by molar-refractivity contribution is 7.91. The third-order valence-corrected chi connectivity index (χ3v) is 8.58. The Labute approximate surface area is 228 Å². The molecule has 2 heterocycles. The van der Waals surface area contributed by atoms with E-state index in [-0.39, 0.29) is 10.5 Å². The third kappa shape index (κ3) is 5.31. The number of rotatable bonds is 9. The van der Waals surface area contributed by atoms with Crippen LogP contribution in [0.5, 0.6) is 5.88 Å². The van der Waals surface area contributed by atoms with Crippen LogP contribution in [0.3, 0.4) is 0 Å². The van der Waals surface area contributed by atoms with Crippen molar-refractivity contribution in [1.29, 1.82) is 0 Å². The van der Waals surface area contributed by atoms with E-state index in [9.17, 15) is 23.1 Å². The Balaban J connectivity index is 1.93. The number of benzene rings is 2. The van der Waals surface area contributed by atoms with E-state index in [2.05, 4.69) is 4.98 Å². The van der Waals surface area contributed by atoms with Crippen LogP contribution in [-0.4, -0.2) is 27.6 Å². The first kappa shape index (κ1) is 28.0. The fourth-order valence-electron chi connectivity index (χ4n) is 4.71. The van der Waals surface area contributed by atoms with Crippen molar-refractivity contribution in [3.63, 3.8) is 0 Å². The number of para-hydroxylation sites is 1. The highest BCUT2D eigenvalue weighted by Crippen LogP contribution is 2.33. The lowest BCUT2D eigenvalue weighted by Crippen LogP contribution is -2.25. The molecule has 0 amide bonds. The Bertz CT molecular complexity index is 1710. The first-order chi connectivity index (χ1) is 18.6. The van der Waals surface area contributed by atoms with E-state index < -0.39 is 26.2 Å². The molecule has 0 atom stereocenters. The second-order valence-electron chi connectivity index (χ2n) is 9.47. The number of aromatic hydroxyl groups is 1. The minimum absolute atomic E-state index is 0.187. The van der Waals surface area contributed by atoms with Crippen LogP contribution in [0.4, 0.5) is 0 Å². The molecule has 0 aliphatic carbocycles. The monoisotopic (exact) mass is 547 g/mol. The molecule has 0 aliphatic rings. The lowest BCUT2D eigenvalue weighted by atomic mass is 10.0. The molecule has 8 nitrogen and oxygen atoms in total. The lowest BCUT2D eigenvalue weighted by Gasteiger charge is -2.22. The molecule has 2 aromatic heterocycles. The zero-order valence-electron chi connectivity index (χ0n) is 22.6. The summed E-state index contributed by atoms with van der Waals surface area (Å²) in [4.78, 5) is 28.8. The Morgan fingerprint density at radius 3 is 2.13 bits per heavy atom. The van der Waals surface area contributed by atoms with Gasteiger partial charge in [0.15, 0.2) is 4.90 Å². The van der Waals surface area contributed by atoms with Gasteiger partial charge in [0.05, 0.1) is 10.6 Å². The molecule has 0 saturated heterocycles. The van der Waals surface area contributed by atoms with Gasteiger partial charge in [-0.1, -0.05) is 51.5 Å². The first-order valence-electron chi connectivity index (χ1n) is 13.1. The van der Waals surface area contributed by atoms with Gasteiger partial charge in [0.25, 0.3) is 11.1 Å². The van der Waals surface area contributed by atoms with Gasteiger partial charge in [0, 0.05) is 24.4 Å². The molecule has 4 rings (SSSR count). The topological polar surface area (TPSA) is 111 Å². The number of aromatic nitrogens is 3. The van der Waals surface area contributed by atoms with Crippen LogP contribution in [0.25, 0.3) is 11.4 Å². The molecular weight excluding hydrogens is 514 g/mol. The van der Waals surface area contributed by atoms with E-state index in [1.165, 1.54) is 39.5 Å². The van der Waals surface area contributed by atoms with E-state index in [1.807, 2.05) is 45.9 Å². The third-order valence-electron chi connectivity index (χ3n) is 6.79. The molecular formula is C30H33N3O5S. The molecule has 1 N–H and O–H groups in total. The minimum atomic E-state index is -4.46. The minimum Gasteiger partial charge on any atom is -0.493 e. The zero-order valence-corrected chi connectivity index (χ0v) is 23.5. The molecule has 4 aromatic rings. The van der Waals surface area contributed by atoms with Gasteiger partial charge in [-0.2, -0.15) is 4.98 Å². The summed E-state index contributed by atoms with van der Waals surface area (Å²) in [7, 11) is -4.46. The fourth-order valence-corrected chi connectivity index (χ4v) is 6.05. The molecule has 0 radical (unpaired) electrons. The maximum atomic E-state index is 13.8. The Hall–Kier alpha value is -3.98. The maximum Gasteiger partial charge on any atom is 0.296 e.